The van der Waals surface area contributed by atoms with Gasteiger partial charge in [-0.3, -0.25) is 14.5 Å². The number of aliphatic hydroxyl groups is 1. The number of rotatable bonds is 6. The second kappa shape index (κ2) is 9.56. The highest BCUT2D eigenvalue weighted by Crippen LogP contribution is 2.24. The summed E-state index contributed by atoms with van der Waals surface area (Å²) in [5.74, 6) is -1.36. The molecule has 30 heavy (non-hydrogen) atoms. The van der Waals surface area contributed by atoms with E-state index in [0.717, 1.165) is 18.7 Å². The number of amides is 2. The van der Waals surface area contributed by atoms with Gasteiger partial charge in [0.25, 0.3) is 11.8 Å². The number of halogens is 2. The zero-order chi connectivity index (χ0) is 22.0. The van der Waals surface area contributed by atoms with Crippen LogP contribution in [0.1, 0.15) is 19.4 Å². The van der Waals surface area contributed by atoms with E-state index >= 15 is 0 Å². The SMILES string of the molecule is CC1CN(CCN2CC(C(=O)N(C)Cc3ccc(Cl)c(Cl)c3)=C(O)C2=O)CC(C)O1. The van der Waals surface area contributed by atoms with Gasteiger partial charge in [-0.25, -0.2) is 0 Å². The van der Waals surface area contributed by atoms with Crippen molar-refractivity contribution in [3.63, 3.8) is 0 Å². The van der Waals surface area contributed by atoms with Gasteiger partial charge in [0.15, 0.2) is 5.76 Å². The predicted octanol–water partition coefficient (Wildman–Crippen LogP) is 2.72. The van der Waals surface area contributed by atoms with Gasteiger partial charge in [-0.15, -0.1) is 0 Å². The van der Waals surface area contributed by atoms with Crippen molar-refractivity contribution >= 4 is 35.0 Å². The molecule has 2 amide bonds. The van der Waals surface area contributed by atoms with Crippen molar-refractivity contribution in [1.82, 2.24) is 14.7 Å². The number of aliphatic hydroxyl groups excluding tert-OH is 1. The van der Waals surface area contributed by atoms with Gasteiger partial charge >= 0.3 is 0 Å². The van der Waals surface area contributed by atoms with E-state index in [1.165, 1.54) is 9.80 Å². The van der Waals surface area contributed by atoms with Crippen molar-refractivity contribution in [1.29, 1.82) is 0 Å². The molecule has 0 aromatic heterocycles. The fourth-order valence-corrected chi connectivity index (χ4v) is 4.23. The summed E-state index contributed by atoms with van der Waals surface area (Å²) < 4.78 is 5.73. The lowest BCUT2D eigenvalue weighted by Crippen LogP contribution is -2.48. The molecule has 3 rings (SSSR count). The van der Waals surface area contributed by atoms with Gasteiger partial charge in [-0.2, -0.15) is 0 Å². The van der Waals surface area contributed by atoms with Crippen LogP contribution in [0.2, 0.25) is 10.0 Å². The minimum absolute atomic E-state index is 0.102. The fraction of sp³-hybridized carbons (Fsp3) is 0.524. The maximum Gasteiger partial charge on any atom is 0.289 e. The minimum Gasteiger partial charge on any atom is -0.503 e. The van der Waals surface area contributed by atoms with Crippen molar-refractivity contribution in [3.05, 3.63) is 45.1 Å². The zero-order valence-corrected chi connectivity index (χ0v) is 18.9. The Hall–Kier alpha value is -1.80. The summed E-state index contributed by atoms with van der Waals surface area (Å²) in [6.07, 6.45) is 0.281. The van der Waals surface area contributed by atoms with Crippen LogP contribution >= 0.6 is 23.2 Å². The third kappa shape index (κ3) is 5.27. The van der Waals surface area contributed by atoms with E-state index in [2.05, 4.69) is 4.90 Å². The van der Waals surface area contributed by atoms with Crippen molar-refractivity contribution < 1.29 is 19.4 Å². The first kappa shape index (κ1) is 22.9. The highest BCUT2D eigenvalue weighted by atomic mass is 35.5. The van der Waals surface area contributed by atoms with Crippen LogP contribution in [0.25, 0.3) is 0 Å². The molecule has 2 atom stereocenters. The number of ether oxygens (including phenoxy) is 1. The molecule has 2 unspecified atom stereocenters. The Kier molecular flexibility index (Phi) is 7.29. The monoisotopic (exact) mass is 455 g/mol. The molecule has 0 spiro atoms. The molecule has 2 heterocycles. The Bertz CT molecular complexity index is 851. The Balaban J connectivity index is 1.58. The topological polar surface area (TPSA) is 73.3 Å². The molecule has 0 saturated carbocycles. The van der Waals surface area contributed by atoms with Gasteiger partial charge in [0.05, 0.1) is 34.4 Å². The van der Waals surface area contributed by atoms with Gasteiger partial charge in [0.1, 0.15) is 0 Å². The maximum absolute atomic E-state index is 12.8. The lowest BCUT2D eigenvalue weighted by Gasteiger charge is -2.36. The number of hydrogen-bond donors (Lipinski definition) is 1. The first-order valence-electron chi connectivity index (χ1n) is 9.94. The van der Waals surface area contributed by atoms with E-state index in [0.29, 0.717) is 23.1 Å². The third-order valence-corrected chi connectivity index (χ3v) is 6.05. The van der Waals surface area contributed by atoms with E-state index in [-0.39, 0.29) is 36.8 Å². The van der Waals surface area contributed by atoms with Crippen molar-refractivity contribution in [2.75, 3.05) is 39.8 Å². The van der Waals surface area contributed by atoms with E-state index < -0.39 is 11.7 Å². The second-order valence-corrected chi connectivity index (χ2v) is 8.79. The molecule has 9 heteroatoms. The van der Waals surface area contributed by atoms with Gasteiger partial charge in [-0.1, -0.05) is 29.3 Å². The molecule has 1 aromatic carbocycles. The van der Waals surface area contributed by atoms with E-state index in [9.17, 15) is 14.7 Å². The highest BCUT2D eigenvalue weighted by molar-refractivity contribution is 6.42. The molecular weight excluding hydrogens is 429 g/mol. The molecule has 164 valence electrons. The first-order valence-corrected chi connectivity index (χ1v) is 10.7. The Morgan fingerprint density at radius 2 is 1.87 bits per heavy atom. The number of likely N-dealkylation sites (N-methyl/N-ethyl adjacent to an activating group) is 1. The van der Waals surface area contributed by atoms with Crippen LogP contribution in [0, 0.1) is 0 Å². The largest absolute Gasteiger partial charge is 0.503 e. The van der Waals surface area contributed by atoms with Gasteiger partial charge < -0.3 is 19.6 Å². The Labute approximate surface area is 186 Å². The number of hydrogen-bond acceptors (Lipinski definition) is 5. The molecule has 2 aliphatic heterocycles. The Morgan fingerprint density at radius 3 is 2.50 bits per heavy atom. The van der Waals surface area contributed by atoms with Crippen LogP contribution in [0.4, 0.5) is 0 Å². The molecule has 2 aliphatic rings. The van der Waals surface area contributed by atoms with Crippen molar-refractivity contribution in [3.8, 4) is 0 Å². The molecule has 0 aliphatic carbocycles. The smallest absolute Gasteiger partial charge is 0.289 e. The summed E-state index contributed by atoms with van der Waals surface area (Å²) in [5.41, 5.74) is 0.920. The normalized spacial score (nSPS) is 22.7. The average molecular weight is 456 g/mol. The predicted molar refractivity (Wildman–Crippen MR) is 116 cm³/mol. The van der Waals surface area contributed by atoms with Crippen LogP contribution in [-0.2, 0) is 20.9 Å². The quantitative estimate of drug-likeness (QED) is 0.713. The van der Waals surface area contributed by atoms with Crippen LogP contribution in [0.5, 0.6) is 0 Å². The number of morpholine rings is 1. The number of benzene rings is 1. The molecule has 1 fully saturated rings. The zero-order valence-electron chi connectivity index (χ0n) is 17.4. The summed E-state index contributed by atoms with van der Waals surface area (Å²) in [7, 11) is 1.62. The Morgan fingerprint density at radius 1 is 1.20 bits per heavy atom. The van der Waals surface area contributed by atoms with Crippen LogP contribution in [0.3, 0.4) is 0 Å². The molecule has 1 aromatic rings. The van der Waals surface area contributed by atoms with E-state index in [1.54, 1.807) is 25.2 Å². The molecule has 1 saturated heterocycles. The summed E-state index contributed by atoms with van der Waals surface area (Å²) >= 11 is 12.0. The van der Waals surface area contributed by atoms with E-state index in [4.69, 9.17) is 27.9 Å². The summed E-state index contributed by atoms with van der Waals surface area (Å²) in [5, 5.41) is 11.1. The van der Waals surface area contributed by atoms with Gasteiger partial charge in [0.2, 0.25) is 0 Å². The molecule has 7 nitrogen and oxygen atoms in total. The van der Waals surface area contributed by atoms with Crippen molar-refractivity contribution in [2.24, 2.45) is 0 Å². The number of carbonyl (C=O) groups is 2. The molecular formula is C21H27Cl2N3O4. The summed E-state index contributed by atoms with van der Waals surface area (Å²) in [6.45, 7) is 7.13. The standard InChI is InChI=1S/C21H27Cl2N3O4/c1-13-9-25(10-14(2)30-13)6-7-26-12-16(19(27)21(26)29)20(28)24(3)11-15-4-5-17(22)18(23)8-15/h4-5,8,13-14,27H,6-7,9-12H2,1-3H3. The summed E-state index contributed by atoms with van der Waals surface area (Å²) in [6, 6.07) is 5.14. The summed E-state index contributed by atoms with van der Waals surface area (Å²) in [4.78, 5) is 30.5. The van der Waals surface area contributed by atoms with Crippen molar-refractivity contribution in [2.45, 2.75) is 32.6 Å². The average Bonchev–Trinajstić information content (AvgIpc) is 2.96. The van der Waals surface area contributed by atoms with Gasteiger partial charge in [0, 0.05) is 39.8 Å². The number of carbonyl (C=O) groups excluding carboxylic acids is 2. The highest BCUT2D eigenvalue weighted by Gasteiger charge is 2.35. The fourth-order valence-electron chi connectivity index (χ4n) is 3.91. The van der Waals surface area contributed by atoms with Crippen LogP contribution in [-0.4, -0.2) is 83.6 Å². The number of nitrogens with zero attached hydrogens (tertiary/aromatic N) is 3. The minimum atomic E-state index is -0.504. The lowest BCUT2D eigenvalue weighted by molar-refractivity contribution is -0.128. The van der Waals surface area contributed by atoms with Crippen LogP contribution in [0.15, 0.2) is 29.5 Å². The molecule has 0 bridgehead atoms. The molecule has 1 N–H and O–H groups in total. The third-order valence-electron chi connectivity index (χ3n) is 5.31. The molecule has 0 radical (unpaired) electrons. The van der Waals surface area contributed by atoms with E-state index in [1.807, 2.05) is 13.8 Å². The maximum atomic E-state index is 12.8. The first-order chi connectivity index (χ1) is 14.2. The van der Waals surface area contributed by atoms with Gasteiger partial charge in [-0.05, 0) is 31.5 Å². The lowest BCUT2D eigenvalue weighted by atomic mass is 10.2. The van der Waals surface area contributed by atoms with Crippen LogP contribution < -0.4 is 0 Å². The second-order valence-electron chi connectivity index (χ2n) is 7.98.